The zero-order chi connectivity index (χ0) is 22.8. The molecule has 0 spiro atoms. The van der Waals surface area contributed by atoms with Crippen LogP contribution in [-0.2, 0) is 17.5 Å². The quantitative estimate of drug-likeness (QED) is 0.525. The first-order valence-electron chi connectivity index (χ1n) is 10.3. The van der Waals surface area contributed by atoms with Crippen LogP contribution in [0.15, 0.2) is 59.0 Å². The number of phenolic OH excluding ortho intramolecular Hbond substituents is 1. The maximum atomic E-state index is 12.5. The number of benzene rings is 2. The molecule has 4 rings (SSSR count). The van der Waals surface area contributed by atoms with E-state index in [1.165, 1.54) is 12.8 Å². The molecule has 1 aliphatic heterocycles. The lowest BCUT2D eigenvalue weighted by atomic mass is 10.1. The van der Waals surface area contributed by atoms with Crippen molar-refractivity contribution in [3.05, 3.63) is 66.1 Å². The van der Waals surface area contributed by atoms with Gasteiger partial charge in [-0.1, -0.05) is 30.3 Å². The summed E-state index contributed by atoms with van der Waals surface area (Å²) in [5.74, 6) is 0.303. The fourth-order valence-corrected chi connectivity index (χ4v) is 3.98. The third-order valence-corrected chi connectivity index (χ3v) is 5.83. The summed E-state index contributed by atoms with van der Waals surface area (Å²) in [6, 6.07) is 15.8. The molecule has 1 atom stereocenters. The van der Waals surface area contributed by atoms with Gasteiger partial charge < -0.3 is 14.4 Å². The molecule has 1 saturated heterocycles. The Morgan fingerprint density at radius 1 is 1.06 bits per heavy atom. The van der Waals surface area contributed by atoms with Gasteiger partial charge in [0.1, 0.15) is 5.75 Å². The van der Waals surface area contributed by atoms with E-state index in [-0.39, 0.29) is 5.89 Å². The molecule has 0 saturated carbocycles. The van der Waals surface area contributed by atoms with Gasteiger partial charge in [-0.15, -0.1) is 10.2 Å². The fourth-order valence-electron chi connectivity index (χ4n) is 3.09. The topological polar surface area (TPSA) is 91.5 Å². The van der Waals surface area contributed by atoms with E-state index in [0.717, 1.165) is 25.2 Å². The first-order chi connectivity index (χ1) is 15.5. The van der Waals surface area contributed by atoms with Crippen molar-refractivity contribution in [3.8, 4) is 17.2 Å². The van der Waals surface area contributed by atoms with Crippen molar-refractivity contribution in [2.45, 2.75) is 25.8 Å². The number of para-hydroxylation sites is 1. The van der Waals surface area contributed by atoms with Crippen molar-refractivity contribution in [3.63, 3.8) is 0 Å². The number of nitrogens with zero attached hydrogens (tertiary/aromatic N) is 3. The third-order valence-electron chi connectivity index (χ3n) is 4.81. The second-order valence-electron chi connectivity index (χ2n) is 7.20. The number of alkyl halides is 2. The van der Waals surface area contributed by atoms with Crippen LogP contribution in [-0.4, -0.2) is 49.8 Å². The molecular weight excluding hydrogens is 438 g/mol. The second-order valence-corrected chi connectivity index (χ2v) is 8.59. The molecule has 7 nitrogen and oxygen atoms in total. The summed E-state index contributed by atoms with van der Waals surface area (Å²) in [7, 11) is -1.08. The highest BCUT2D eigenvalue weighted by Gasteiger charge is 2.17. The van der Waals surface area contributed by atoms with E-state index in [2.05, 4.69) is 19.8 Å². The lowest BCUT2D eigenvalue weighted by Crippen LogP contribution is -2.29. The number of likely N-dealkylation sites (tertiary alicyclic amines) is 1. The molecule has 2 heterocycles. The van der Waals surface area contributed by atoms with Gasteiger partial charge in [0.15, 0.2) is 0 Å². The lowest BCUT2D eigenvalue weighted by molar-refractivity contribution is 0.116. The molecule has 1 fully saturated rings. The summed E-state index contributed by atoms with van der Waals surface area (Å²) >= 11 is 0. The van der Waals surface area contributed by atoms with Crippen LogP contribution in [0.5, 0.6) is 5.75 Å². The Bertz CT molecular complexity index is 965. The molecule has 0 aliphatic carbocycles. The number of rotatable bonds is 8. The van der Waals surface area contributed by atoms with Crippen molar-refractivity contribution in [1.29, 1.82) is 0 Å². The number of hydrogen-bond donors (Lipinski definition) is 2. The monoisotopic (exact) mass is 464 g/mol. The number of halogens is 2. The Labute approximate surface area is 188 Å². The number of phenols is 1. The zero-order valence-electron chi connectivity index (χ0n) is 17.5. The van der Waals surface area contributed by atoms with E-state index in [4.69, 9.17) is 9.52 Å². The highest BCUT2D eigenvalue weighted by molar-refractivity contribution is 7.83. The number of hydrogen-bond acceptors (Lipinski definition) is 6. The third kappa shape index (κ3) is 7.77. The van der Waals surface area contributed by atoms with Gasteiger partial charge in [-0.25, -0.2) is 8.93 Å². The smallest absolute Gasteiger partial charge is 0.314 e. The van der Waals surface area contributed by atoms with Crippen molar-refractivity contribution in [1.82, 2.24) is 19.8 Å². The minimum Gasteiger partial charge on any atom is -0.508 e. The normalized spacial score (nSPS) is 14.8. The Morgan fingerprint density at radius 3 is 2.31 bits per heavy atom. The maximum Gasteiger partial charge on any atom is 0.314 e. The Hall–Kier alpha value is -2.69. The summed E-state index contributed by atoms with van der Waals surface area (Å²) in [4.78, 5) is 2.33. The van der Waals surface area contributed by atoms with E-state index in [9.17, 15) is 13.0 Å². The van der Waals surface area contributed by atoms with Crippen LogP contribution < -0.4 is 4.72 Å². The summed E-state index contributed by atoms with van der Waals surface area (Å²) in [5.41, 5.74) is 1.50. The van der Waals surface area contributed by atoms with E-state index >= 15 is 0 Å². The number of nitrogens with one attached hydrogen (secondary N) is 1. The molecule has 2 N–H and O–H groups in total. The minimum atomic E-state index is -2.78. The molecule has 1 aliphatic rings. The van der Waals surface area contributed by atoms with Gasteiger partial charge in [-0.2, -0.15) is 8.78 Å². The Balaban J connectivity index is 0.000000352. The van der Waals surface area contributed by atoms with Gasteiger partial charge in [0, 0.05) is 18.7 Å². The van der Waals surface area contributed by atoms with Crippen molar-refractivity contribution in [2.75, 3.05) is 25.4 Å². The molecule has 0 radical (unpaired) electrons. The van der Waals surface area contributed by atoms with Crippen LogP contribution in [0.4, 0.5) is 8.78 Å². The van der Waals surface area contributed by atoms with Crippen LogP contribution in [0.2, 0.25) is 0 Å². The molecule has 172 valence electrons. The van der Waals surface area contributed by atoms with E-state index in [0.29, 0.717) is 23.6 Å². The lowest BCUT2D eigenvalue weighted by Gasteiger charge is -2.14. The van der Waals surface area contributed by atoms with Crippen molar-refractivity contribution >= 4 is 11.0 Å². The Kier molecular flexibility index (Phi) is 9.27. The fraction of sp³-hybridized carbons (Fsp3) is 0.364. The second kappa shape index (κ2) is 12.4. The van der Waals surface area contributed by atoms with Gasteiger partial charge in [-0.05, 0) is 55.8 Å². The standard InChI is InChI=1S/C16H20F2N4O2S.C6H6O/c17-14(18)16-21-20-15(24-16)13-5-3-12(4-6-13)11-19-25(23)10-9-22-7-1-2-8-22;7-6-4-2-1-3-5-6/h3-6,14,19H,1-2,7-11H2;1-5,7H. The molecule has 0 amide bonds. The number of aromatic hydroxyl groups is 1. The average molecular weight is 465 g/mol. The van der Waals surface area contributed by atoms with Gasteiger partial charge in [0.05, 0.1) is 16.7 Å². The molecule has 1 aromatic heterocycles. The SMILES string of the molecule is O=S(CCN1CCCC1)NCc1ccc(-c2nnc(C(F)F)o2)cc1.Oc1ccccc1. The predicted octanol–water partition coefficient (Wildman–Crippen LogP) is 3.92. The van der Waals surface area contributed by atoms with Gasteiger partial charge in [0.25, 0.3) is 5.89 Å². The minimum absolute atomic E-state index is 0.0593. The van der Waals surface area contributed by atoms with Gasteiger partial charge in [0.2, 0.25) is 5.89 Å². The zero-order valence-corrected chi connectivity index (χ0v) is 18.3. The van der Waals surface area contributed by atoms with Gasteiger partial charge >= 0.3 is 6.43 Å². The molecule has 2 aromatic carbocycles. The average Bonchev–Trinajstić information content (AvgIpc) is 3.50. The van der Waals surface area contributed by atoms with Crippen LogP contribution in [0.25, 0.3) is 11.5 Å². The number of aromatic nitrogens is 2. The van der Waals surface area contributed by atoms with E-state index in [1.807, 2.05) is 18.2 Å². The van der Waals surface area contributed by atoms with Crippen LogP contribution in [0, 0.1) is 0 Å². The van der Waals surface area contributed by atoms with Crippen LogP contribution in [0.1, 0.15) is 30.7 Å². The molecule has 1 unspecified atom stereocenters. The largest absolute Gasteiger partial charge is 0.508 e. The maximum absolute atomic E-state index is 12.5. The summed E-state index contributed by atoms with van der Waals surface area (Å²) in [5, 5.41) is 15.5. The molecule has 10 heteroatoms. The summed E-state index contributed by atoms with van der Waals surface area (Å²) in [6.07, 6.45) is -0.323. The van der Waals surface area contributed by atoms with Gasteiger partial charge in [-0.3, -0.25) is 0 Å². The summed E-state index contributed by atoms with van der Waals surface area (Å²) in [6.45, 7) is 3.52. The van der Waals surface area contributed by atoms with Crippen LogP contribution in [0.3, 0.4) is 0 Å². The first-order valence-corrected chi connectivity index (χ1v) is 11.6. The molecular formula is C22H26F2N4O3S. The Morgan fingerprint density at radius 2 is 1.75 bits per heavy atom. The molecule has 32 heavy (non-hydrogen) atoms. The van der Waals surface area contributed by atoms with Crippen molar-refractivity contribution in [2.24, 2.45) is 0 Å². The molecule has 0 bridgehead atoms. The highest BCUT2D eigenvalue weighted by Crippen LogP contribution is 2.23. The summed E-state index contributed by atoms with van der Waals surface area (Å²) < 4.78 is 44.8. The van der Waals surface area contributed by atoms with Crippen LogP contribution >= 0.6 is 0 Å². The molecule has 3 aromatic rings. The van der Waals surface area contributed by atoms with Crippen molar-refractivity contribution < 1.29 is 22.5 Å². The predicted molar refractivity (Wildman–Crippen MR) is 118 cm³/mol. The first kappa shape index (κ1) is 24.0. The highest BCUT2D eigenvalue weighted by atomic mass is 32.2. The van der Waals surface area contributed by atoms with E-state index in [1.54, 1.807) is 36.4 Å². The van der Waals surface area contributed by atoms with E-state index < -0.39 is 23.3 Å².